The maximum absolute atomic E-state index is 9.03. The normalized spacial score (nSPS) is 18.8. The Balaban J connectivity index is 2.00. The van der Waals surface area contributed by atoms with Gasteiger partial charge in [-0.3, -0.25) is 0 Å². The number of aryl methyl sites for hydroxylation is 1. The second kappa shape index (κ2) is 9.69. The number of hydrogen-bond acceptors (Lipinski definition) is 2. The van der Waals surface area contributed by atoms with E-state index in [-0.39, 0.29) is 6.61 Å². The number of fused-ring (bicyclic) bond motifs is 1. The van der Waals surface area contributed by atoms with Crippen molar-refractivity contribution in [1.29, 1.82) is 0 Å². The van der Waals surface area contributed by atoms with Crippen molar-refractivity contribution in [3.63, 3.8) is 0 Å². The molecule has 2 nitrogen and oxygen atoms in total. The topological polar surface area (TPSA) is 46.2 Å². The molecule has 1 aromatic rings. The van der Waals surface area contributed by atoms with Crippen LogP contribution in [-0.2, 0) is 12.8 Å². The van der Waals surface area contributed by atoms with Crippen LogP contribution in [0.1, 0.15) is 54.7 Å². The summed E-state index contributed by atoms with van der Waals surface area (Å²) in [5.41, 5.74) is 10.3. The van der Waals surface area contributed by atoms with Crippen LogP contribution in [0.15, 0.2) is 43.0 Å². The van der Waals surface area contributed by atoms with Crippen LogP contribution in [-0.4, -0.2) is 18.3 Å². The summed E-state index contributed by atoms with van der Waals surface area (Å²) in [5.74, 6) is 1.06. The summed E-state index contributed by atoms with van der Waals surface area (Å²) in [5, 5.41) is 9.03. The molecule has 3 N–H and O–H groups in total. The van der Waals surface area contributed by atoms with Crippen LogP contribution >= 0.6 is 0 Å². The van der Waals surface area contributed by atoms with Crippen LogP contribution < -0.4 is 5.73 Å². The molecule has 126 valence electrons. The molecule has 1 aromatic carbocycles. The van der Waals surface area contributed by atoms with Crippen LogP contribution in [0.2, 0.25) is 0 Å². The monoisotopic (exact) mass is 313 g/mol. The van der Waals surface area contributed by atoms with Crippen molar-refractivity contribution in [3.8, 4) is 0 Å². The van der Waals surface area contributed by atoms with Gasteiger partial charge in [0, 0.05) is 6.61 Å². The zero-order valence-corrected chi connectivity index (χ0v) is 14.2. The van der Waals surface area contributed by atoms with Crippen LogP contribution in [0, 0.1) is 5.92 Å². The molecule has 0 radical (unpaired) electrons. The largest absolute Gasteiger partial charge is 0.396 e. The molecule has 2 heteroatoms. The van der Waals surface area contributed by atoms with E-state index < -0.39 is 0 Å². The van der Waals surface area contributed by atoms with Gasteiger partial charge in [0.05, 0.1) is 0 Å². The molecule has 23 heavy (non-hydrogen) atoms. The van der Waals surface area contributed by atoms with Crippen LogP contribution in [0.25, 0.3) is 0 Å². The van der Waals surface area contributed by atoms with E-state index in [1.165, 1.54) is 23.1 Å². The number of hydrogen-bond donors (Lipinski definition) is 2. The highest BCUT2D eigenvalue weighted by atomic mass is 16.2. The highest BCUT2D eigenvalue weighted by molar-refractivity contribution is 5.36. The molecule has 0 amide bonds. The van der Waals surface area contributed by atoms with Gasteiger partial charge in [0.2, 0.25) is 0 Å². The lowest BCUT2D eigenvalue weighted by molar-refractivity contribution is 0.280. The van der Waals surface area contributed by atoms with Crippen molar-refractivity contribution in [2.24, 2.45) is 11.7 Å². The Kier molecular flexibility index (Phi) is 7.57. The van der Waals surface area contributed by atoms with Gasteiger partial charge in [-0.05, 0) is 80.0 Å². The molecule has 0 fully saturated rings. The maximum Gasteiger partial charge on any atom is 0.0431 e. The smallest absolute Gasteiger partial charge is 0.0431 e. The third kappa shape index (κ3) is 5.33. The van der Waals surface area contributed by atoms with Gasteiger partial charge in [0.15, 0.2) is 0 Å². The van der Waals surface area contributed by atoms with Crippen molar-refractivity contribution in [3.05, 3.63) is 59.7 Å². The standard InChI is InChI=1S/C21H31NO/c1-2-3-4-5-7-17-9-10-19-15-20(12-11-18(19)14-17)21(16-22)8-6-13-23/h2,5,7,11-12,15,17,21,23H,1,3-4,6,8-10,13-14,16,22H2/b7-5+/t17-,21+/m1/s1. The fourth-order valence-corrected chi connectivity index (χ4v) is 3.48. The molecule has 0 spiro atoms. The van der Waals surface area contributed by atoms with Crippen LogP contribution in [0.3, 0.4) is 0 Å². The predicted molar refractivity (Wildman–Crippen MR) is 98.6 cm³/mol. The van der Waals surface area contributed by atoms with Crippen molar-refractivity contribution < 1.29 is 5.11 Å². The Morgan fingerprint density at radius 2 is 2.17 bits per heavy atom. The number of rotatable bonds is 9. The van der Waals surface area contributed by atoms with Crippen molar-refractivity contribution in [1.82, 2.24) is 0 Å². The molecule has 1 aliphatic rings. The number of unbranched alkanes of at least 4 members (excludes halogenated alkanes) is 1. The zero-order chi connectivity index (χ0) is 16.5. The summed E-state index contributed by atoms with van der Waals surface area (Å²) in [6, 6.07) is 6.91. The lowest BCUT2D eigenvalue weighted by Gasteiger charge is -2.24. The first kappa shape index (κ1) is 18.0. The molecule has 0 aliphatic heterocycles. The van der Waals surface area contributed by atoms with E-state index in [4.69, 9.17) is 10.8 Å². The summed E-state index contributed by atoms with van der Waals surface area (Å²) in [6.45, 7) is 4.68. The molecule has 0 unspecified atom stereocenters. The predicted octanol–water partition coefficient (Wildman–Crippen LogP) is 4.13. The van der Waals surface area contributed by atoms with Gasteiger partial charge in [-0.15, -0.1) is 6.58 Å². The second-order valence-corrected chi connectivity index (χ2v) is 6.62. The molecule has 0 saturated carbocycles. The molecule has 0 saturated heterocycles. The average molecular weight is 313 g/mol. The minimum absolute atomic E-state index is 0.251. The van der Waals surface area contributed by atoms with Gasteiger partial charge in [0.1, 0.15) is 0 Å². The fourth-order valence-electron chi connectivity index (χ4n) is 3.48. The van der Waals surface area contributed by atoms with E-state index >= 15 is 0 Å². The Morgan fingerprint density at radius 3 is 2.91 bits per heavy atom. The summed E-state index contributed by atoms with van der Waals surface area (Å²) in [4.78, 5) is 0. The van der Waals surface area contributed by atoms with E-state index in [0.717, 1.165) is 38.5 Å². The molecule has 0 heterocycles. The minimum atomic E-state index is 0.251. The molecule has 0 bridgehead atoms. The summed E-state index contributed by atoms with van der Waals surface area (Å²) in [7, 11) is 0. The fraction of sp³-hybridized carbons (Fsp3) is 0.524. The minimum Gasteiger partial charge on any atom is -0.396 e. The first-order chi connectivity index (χ1) is 11.3. The van der Waals surface area contributed by atoms with Gasteiger partial charge < -0.3 is 10.8 Å². The van der Waals surface area contributed by atoms with Crippen LogP contribution in [0.5, 0.6) is 0 Å². The number of allylic oxidation sites excluding steroid dienone is 3. The lowest BCUT2D eigenvalue weighted by atomic mass is 9.81. The van der Waals surface area contributed by atoms with Gasteiger partial charge >= 0.3 is 0 Å². The third-order valence-corrected chi connectivity index (χ3v) is 4.91. The zero-order valence-electron chi connectivity index (χ0n) is 14.2. The molecule has 1 aliphatic carbocycles. The molecule has 2 rings (SSSR count). The Labute approximate surface area is 141 Å². The van der Waals surface area contributed by atoms with Crippen molar-refractivity contribution in [2.45, 2.75) is 50.9 Å². The number of aliphatic hydroxyl groups excluding tert-OH is 1. The van der Waals surface area contributed by atoms with Crippen molar-refractivity contribution >= 4 is 0 Å². The summed E-state index contributed by atoms with van der Waals surface area (Å²) in [6.07, 6.45) is 14.2. The van der Waals surface area contributed by atoms with Gasteiger partial charge in [-0.2, -0.15) is 0 Å². The molecular weight excluding hydrogens is 282 g/mol. The highest BCUT2D eigenvalue weighted by Crippen LogP contribution is 2.30. The maximum atomic E-state index is 9.03. The third-order valence-electron chi connectivity index (χ3n) is 4.91. The van der Waals surface area contributed by atoms with E-state index in [2.05, 4.69) is 36.9 Å². The number of benzene rings is 1. The van der Waals surface area contributed by atoms with Gasteiger partial charge in [-0.25, -0.2) is 0 Å². The SMILES string of the molecule is C=CCC/C=C/[C@@H]1CCc2cc([C@H](CN)CCCO)ccc2C1. The first-order valence-corrected chi connectivity index (χ1v) is 8.98. The van der Waals surface area contributed by atoms with Gasteiger partial charge in [0.25, 0.3) is 0 Å². The van der Waals surface area contributed by atoms with E-state index in [0.29, 0.717) is 18.4 Å². The summed E-state index contributed by atoms with van der Waals surface area (Å²) < 4.78 is 0. The number of aliphatic hydroxyl groups is 1. The average Bonchev–Trinajstić information content (AvgIpc) is 2.59. The quantitative estimate of drug-likeness (QED) is 0.532. The lowest BCUT2D eigenvalue weighted by Crippen LogP contribution is -2.16. The number of nitrogens with two attached hydrogens (primary N) is 1. The van der Waals surface area contributed by atoms with E-state index in [1.54, 1.807) is 0 Å². The Morgan fingerprint density at radius 1 is 1.30 bits per heavy atom. The molecule has 2 atom stereocenters. The van der Waals surface area contributed by atoms with Crippen LogP contribution in [0.4, 0.5) is 0 Å². The second-order valence-electron chi connectivity index (χ2n) is 6.62. The summed E-state index contributed by atoms with van der Waals surface area (Å²) >= 11 is 0. The molecule has 0 aromatic heterocycles. The van der Waals surface area contributed by atoms with E-state index in [9.17, 15) is 0 Å². The Bertz CT molecular complexity index is 521. The van der Waals surface area contributed by atoms with E-state index in [1.807, 2.05) is 6.08 Å². The van der Waals surface area contributed by atoms with Crippen molar-refractivity contribution in [2.75, 3.05) is 13.2 Å². The molecular formula is C21H31NO. The van der Waals surface area contributed by atoms with Gasteiger partial charge in [-0.1, -0.05) is 36.4 Å². The Hall–Kier alpha value is -1.38. The first-order valence-electron chi connectivity index (χ1n) is 8.98. The highest BCUT2D eigenvalue weighted by Gasteiger charge is 2.18.